The first-order chi connectivity index (χ1) is 15.5. The van der Waals surface area contributed by atoms with Crippen LogP contribution in [0.3, 0.4) is 0 Å². The lowest BCUT2D eigenvalue weighted by atomic mass is 9.86. The minimum Gasteiger partial charge on any atom is -0.360 e. The third kappa shape index (κ3) is 4.49. The number of fused-ring (bicyclic) bond motifs is 1. The van der Waals surface area contributed by atoms with Crippen molar-refractivity contribution in [3.8, 4) is 0 Å². The van der Waals surface area contributed by atoms with Crippen LogP contribution in [-0.2, 0) is 11.3 Å². The van der Waals surface area contributed by atoms with Crippen LogP contribution in [0.4, 0.5) is 10.5 Å². The summed E-state index contributed by atoms with van der Waals surface area (Å²) in [6.07, 6.45) is 4.16. The summed E-state index contributed by atoms with van der Waals surface area (Å²) in [5, 5.41) is 0.375. The molecule has 0 saturated carbocycles. The number of amides is 2. The number of halogens is 1. The lowest BCUT2D eigenvalue weighted by Gasteiger charge is -2.46. The Hall–Kier alpha value is -2.50. The molecule has 2 aromatic carbocycles. The van der Waals surface area contributed by atoms with E-state index in [9.17, 15) is 9.59 Å². The van der Waals surface area contributed by atoms with Gasteiger partial charge >= 0.3 is 0 Å². The molecule has 1 saturated heterocycles. The third-order valence-electron chi connectivity index (χ3n) is 6.19. The van der Waals surface area contributed by atoms with Gasteiger partial charge in [0.1, 0.15) is 0 Å². The van der Waals surface area contributed by atoms with Gasteiger partial charge in [0.15, 0.2) is 0 Å². The minimum absolute atomic E-state index is 0.0798. The summed E-state index contributed by atoms with van der Waals surface area (Å²) >= 11 is 6.95. The molecule has 6 heteroatoms. The Morgan fingerprint density at radius 1 is 1.09 bits per heavy atom. The van der Waals surface area contributed by atoms with Crippen molar-refractivity contribution in [3.05, 3.63) is 74.7 Å². The molecule has 2 aliphatic heterocycles. The van der Waals surface area contributed by atoms with Gasteiger partial charge in [-0.2, -0.15) is 0 Å². The van der Waals surface area contributed by atoms with E-state index >= 15 is 0 Å². The Labute approximate surface area is 205 Å². The topological polar surface area (TPSA) is 40.6 Å². The molecule has 0 radical (unpaired) electrons. The number of rotatable bonds is 4. The molecule has 0 bridgehead atoms. The van der Waals surface area contributed by atoms with Crippen LogP contribution in [-0.4, -0.2) is 27.6 Å². The first-order valence-electron chi connectivity index (χ1n) is 11.1. The molecule has 2 aromatic rings. The molecule has 0 atom stereocenters. The number of allylic oxidation sites excluding steroid dienone is 1. The van der Waals surface area contributed by atoms with Crippen LogP contribution < -0.4 is 4.90 Å². The van der Waals surface area contributed by atoms with Crippen LogP contribution in [0.25, 0.3) is 11.6 Å². The predicted octanol–water partition coefficient (Wildman–Crippen LogP) is 7.30. The highest BCUT2D eigenvalue weighted by atomic mass is 35.5. The zero-order valence-corrected chi connectivity index (χ0v) is 21.5. The molecule has 0 N–H and O–H groups in total. The van der Waals surface area contributed by atoms with Gasteiger partial charge in [0, 0.05) is 22.3 Å². The molecule has 172 valence electrons. The van der Waals surface area contributed by atoms with Gasteiger partial charge < -0.3 is 4.90 Å². The van der Waals surface area contributed by atoms with E-state index < -0.39 is 0 Å². The second kappa shape index (κ2) is 8.69. The van der Waals surface area contributed by atoms with E-state index in [4.69, 9.17) is 11.6 Å². The van der Waals surface area contributed by atoms with Crippen molar-refractivity contribution in [2.45, 2.75) is 59.7 Å². The SMILES string of the molecule is CC1=CC(C)(C)N(C(C)C)c2cc(C)c(/C=C3\SC(=O)N(Cc4ccc(Cl)cc4)C3=O)cc21. The van der Waals surface area contributed by atoms with Gasteiger partial charge in [-0.05, 0) is 106 Å². The molecule has 33 heavy (non-hydrogen) atoms. The quantitative estimate of drug-likeness (QED) is 0.430. The van der Waals surface area contributed by atoms with Gasteiger partial charge in [-0.3, -0.25) is 14.5 Å². The molecule has 4 rings (SSSR count). The van der Waals surface area contributed by atoms with Crippen LogP contribution >= 0.6 is 23.4 Å². The molecular weight excluding hydrogens is 452 g/mol. The average Bonchev–Trinajstić information content (AvgIpc) is 2.97. The van der Waals surface area contributed by atoms with Gasteiger partial charge in [0.2, 0.25) is 0 Å². The van der Waals surface area contributed by atoms with E-state index in [1.165, 1.54) is 21.7 Å². The van der Waals surface area contributed by atoms with Gasteiger partial charge in [-0.1, -0.05) is 29.8 Å². The third-order valence-corrected chi connectivity index (χ3v) is 7.35. The molecule has 2 amide bonds. The summed E-state index contributed by atoms with van der Waals surface area (Å²) in [4.78, 5) is 29.8. The number of carbonyl (C=O) groups is 2. The van der Waals surface area contributed by atoms with Crippen molar-refractivity contribution >= 4 is 51.8 Å². The fraction of sp³-hybridized carbons (Fsp3) is 0.333. The largest absolute Gasteiger partial charge is 0.360 e. The smallest absolute Gasteiger partial charge is 0.293 e. The number of nitrogens with zero attached hydrogens (tertiary/aromatic N) is 2. The zero-order chi connectivity index (χ0) is 24.1. The fourth-order valence-corrected chi connectivity index (χ4v) is 5.82. The van der Waals surface area contributed by atoms with Gasteiger partial charge in [-0.15, -0.1) is 0 Å². The normalized spacial score (nSPS) is 18.9. The van der Waals surface area contributed by atoms with Crippen LogP contribution in [0, 0.1) is 6.92 Å². The fourth-order valence-electron chi connectivity index (χ4n) is 4.86. The number of aryl methyl sites for hydroxylation is 1. The van der Waals surface area contributed by atoms with Crippen molar-refractivity contribution in [1.82, 2.24) is 4.90 Å². The molecule has 2 heterocycles. The molecule has 0 aromatic heterocycles. The van der Waals surface area contributed by atoms with Gasteiger partial charge in [0.25, 0.3) is 11.1 Å². The van der Waals surface area contributed by atoms with E-state index in [-0.39, 0.29) is 23.2 Å². The van der Waals surface area contributed by atoms with E-state index in [0.717, 1.165) is 28.5 Å². The predicted molar refractivity (Wildman–Crippen MR) is 139 cm³/mol. The van der Waals surface area contributed by atoms with Crippen LogP contribution in [0.5, 0.6) is 0 Å². The summed E-state index contributed by atoms with van der Waals surface area (Å²) < 4.78 is 0. The second-order valence-electron chi connectivity index (χ2n) is 9.57. The van der Waals surface area contributed by atoms with E-state index in [1.54, 1.807) is 12.1 Å². The number of benzene rings is 2. The maximum Gasteiger partial charge on any atom is 0.293 e. The molecule has 0 aliphatic carbocycles. The van der Waals surface area contributed by atoms with Gasteiger partial charge in [-0.25, -0.2) is 0 Å². The zero-order valence-electron chi connectivity index (χ0n) is 19.9. The molecule has 0 unspecified atom stereocenters. The van der Waals surface area contributed by atoms with Crippen LogP contribution in [0.2, 0.25) is 5.02 Å². The Kier molecular flexibility index (Phi) is 6.23. The Bertz CT molecular complexity index is 1200. The number of imide groups is 1. The van der Waals surface area contributed by atoms with E-state index in [0.29, 0.717) is 16.0 Å². The minimum atomic E-state index is -0.255. The number of anilines is 1. The average molecular weight is 481 g/mol. The van der Waals surface area contributed by atoms with E-state index in [2.05, 4.69) is 64.7 Å². The van der Waals surface area contributed by atoms with Crippen molar-refractivity contribution < 1.29 is 9.59 Å². The van der Waals surface area contributed by atoms with E-state index in [1.807, 2.05) is 18.2 Å². The van der Waals surface area contributed by atoms with Crippen molar-refractivity contribution in [3.63, 3.8) is 0 Å². The summed E-state index contributed by atoms with van der Waals surface area (Å²) in [5.74, 6) is -0.255. The Balaban J connectivity index is 1.67. The maximum absolute atomic E-state index is 13.1. The highest BCUT2D eigenvalue weighted by Crippen LogP contribution is 2.42. The number of hydrogen-bond donors (Lipinski definition) is 0. The summed E-state index contributed by atoms with van der Waals surface area (Å²) in [5.41, 5.74) is 6.42. The van der Waals surface area contributed by atoms with Crippen molar-refractivity contribution in [2.24, 2.45) is 0 Å². The molecule has 0 spiro atoms. The highest BCUT2D eigenvalue weighted by molar-refractivity contribution is 8.18. The standard InChI is InChI=1S/C27H29ClN2O2S/c1-16(2)30-23-11-17(3)20(12-22(23)18(4)14-27(30,5)6)13-24-25(31)29(26(32)33-24)15-19-7-9-21(28)10-8-19/h7-14,16H,15H2,1-6H3/b24-13-. The number of carbonyl (C=O) groups excluding carboxylic acids is 2. The molecule has 1 fully saturated rings. The summed E-state index contributed by atoms with van der Waals surface area (Å²) in [6.45, 7) is 13.3. The van der Waals surface area contributed by atoms with Crippen molar-refractivity contribution in [2.75, 3.05) is 4.90 Å². The Morgan fingerprint density at radius 2 is 1.76 bits per heavy atom. The monoisotopic (exact) mass is 480 g/mol. The number of thioether (sulfide) groups is 1. The lowest BCUT2D eigenvalue weighted by molar-refractivity contribution is -0.123. The maximum atomic E-state index is 13.1. The van der Waals surface area contributed by atoms with Crippen molar-refractivity contribution in [1.29, 1.82) is 0 Å². The van der Waals surface area contributed by atoms with Crippen LogP contribution in [0.15, 0.2) is 47.4 Å². The Morgan fingerprint density at radius 3 is 2.39 bits per heavy atom. The second-order valence-corrected chi connectivity index (χ2v) is 11.0. The summed E-state index contributed by atoms with van der Waals surface area (Å²) in [7, 11) is 0. The highest BCUT2D eigenvalue weighted by Gasteiger charge is 2.36. The van der Waals surface area contributed by atoms with Gasteiger partial charge in [0.05, 0.1) is 17.0 Å². The molecular formula is C27H29ClN2O2S. The van der Waals surface area contributed by atoms with Crippen LogP contribution in [0.1, 0.15) is 56.9 Å². The first kappa shape index (κ1) is 23.7. The number of hydrogen-bond acceptors (Lipinski definition) is 4. The lowest BCUT2D eigenvalue weighted by Crippen LogP contribution is -2.49. The molecule has 4 nitrogen and oxygen atoms in total. The molecule has 2 aliphatic rings. The first-order valence-corrected chi connectivity index (χ1v) is 12.3. The summed E-state index contributed by atoms with van der Waals surface area (Å²) in [6, 6.07) is 11.9.